The fourth-order valence-corrected chi connectivity index (χ4v) is 1.67. The van der Waals surface area contributed by atoms with Gasteiger partial charge < -0.3 is 10.6 Å². The van der Waals surface area contributed by atoms with Crippen molar-refractivity contribution in [1.82, 2.24) is 4.90 Å². The van der Waals surface area contributed by atoms with Crippen LogP contribution in [0.2, 0.25) is 0 Å². The maximum atomic E-state index is 8.78. The molecule has 0 fully saturated rings. The van der Waals surface area contributed by atoms with Crippen molar-refractivity contribution < 1.29 is 0 Å². The zero-order chi connectivity index (χ0) is 12.0. The van der Waals surface area contributed by atoms with Gasteiger partial charge >= 0.3 is 0 Å². The van der Waals surface area contributed by atoms with Gasteiger partial charge in [-0.15, -0.1) is 0 Å². The van der Waals surface area contributed by atoms with Crippen LogP contribution in [0.15, 0.2) is 18.2 Å². The highest BCUT2D eigenvalue weighted by Crippen LogP contribution is 2.12. The molecule has 1 rings (SSSR count). The average molecular weight is 217 g/mol. The lowest BCUT2D eigenvalue weighted by Crippen LogP contribution is -2.21. The standard InChI is InChI=1S/C13H19N3/c1-11-8-12(9-15)4-5-13(11)10-16(2)7-3-6-14/h4-5,8H,3,6-7,10,14H2,1-2H3. The molecule has 0 aliphatic rings. The first-order valence-corrected chi connectivity index (χ1v) is 5.55. The molecule has 0 radical (unpaired) electrons. The summed E-state index contributed by atoms with van der Waals surface area (Å²) in [6, 6.07) is 8.00. The topological polar surface area (TPSA) is 53.0 Å². The predicted octanol–water partition coefficient (Wildman–Crippen LogP) is 1.65. The highest BCUT2D eigenvalue weighted by molar-refractivity contribution is 5.37. The summed E-state index contributed by atoms with van der Waals surface area (Å²) in [6.07, 6.45) is 1.02. The average Bonchev–Trinajstić information content (AvgIpc) is 2.29. The Kier molecular flexibility index (Phi) is 4.97. The molecule has 0 bridgehead atoms. The summed E-state index contributed by atoms with van der Waals surface area (Å²) in [4.78, 5) is 2.25. The minimum Gasteiger partial charge on any atom is -0.330 e. The summed E-state index contributed by atoms with van der Waals surface area (Å²) in [7, 11) is 2.09. The number of hydrogen-bond donors (Lipinski definition) is 1. The third kappa shape index (κ3) is 3.65. The molecule has 3 heteroatoms. The molecule has 16 heavy (non-hydrogen) atoms. The number of rotatable bonds is 5. The van der Waals surface area contributed by atoms with E-state index in [1.165, 1.54) is 11.1 Å². The summed E-state index contributed by atoms with van der Waals surface area (Å²) in [5.74, 6) is 0. The van der Waals surface area contributed by atoms with E-state index >= 15 is 0 Å². The number of nitriles is 1. The van der Waals surface area contributed by atoms with E-state index in [4.69, 9.17) is 11.0 Å². The van der Waals surface area contributed by atoms with Crippen molar-refractivity contribution in [3.8, 4) is 6.07 Å². The lowest BCUT2D eigenvalue weighted by atomic mass is 10.1. The largest absolute Gasteiger partial charge is 0.330 e. The van der Waals surface area contributed by atoms with Crippen LogP contribution in [0.3, 0.4) is 0 Å². The van der Waals surface area contributed by atoms with Crippen molar-refractivity contribution in [2.75, 3.05) is 20.1 Å². The number of hydrogen-bond acceptors (Lipinski definition) is 3. The minimum atomic E-state index is 0.728. The van der Waals surface area contributed by atoms with Gasteiger partial charge in [0.25, 0.3) is 0 Å². The van der Waals surface area contributed by atoms with Crippen molar-refractivity contribution in [1.29, 1.82) is 5.26 Å². The van der Waals surface area contributed by atoms with Gasteiger partial charge in [0.05, 0.1) is 11.6 Å². The normalized spacial score (nSPS) is 10.4. The predicted molar refractivity (Wildman–Crippen MR) is 65.9 cm³/mol. The highest BCUT2D eigenvalue weighted by atomic mass is 15.1. The second-order valence-electron chi connectivity index (χ2n) is 4.13. The molecule has 0 aliphatic heterocycles. The number of aryl methyl sites for hydroxylation is 1. The van der Waals surface area contributed by atoms with Crippen LogP contribution in [0.1, 0.15) is 23.1 Å². The summed E-state index contributed by atoms with van der Waals surface area (Å²) < 4.78 is 0. The van der Waals surface area contributed by atoms with Crippen LogP contribution in [0, 0.1) is 18.3 Å². The lowest BCUT2D eigenvalue weighted by Gasteiger charge is -2.17. The first kappa shape index (κ1) is 12.7. The van der Waals surface area contributed by atoms with Crippen molar-refractivity contribution in [2.24, 2.45) is 5.73 Å². The molecule has 0 saturated carbocycles. The van der Waals surface area contributed by atoms with E-state index in [1.54, 1.807) is 0 Å². The van der Waals surface area contributed by atoms with Crippen molar-refractivity contribution in [2.45, 2.75) is 19.9 Å². The van der Waals surface area contributed by atoms with Gasteiger partial charge in [-0.1, -0.05) is 6.07 Å². The molecular formula is C13H19N3. The lowest BCUT2D eigenvalue weighted by molar-refractivity contribution is 0.323. The van der Waals surface area contributed by atoms with Gasteiger partial charge in [-0.05, 0) is 56.7 Å². The minimum absolute atomic E-state index is 0.728. The molecule has 0 aromatic heterocycles. The number of benzene rings is 1. The fourth-order valence-electron chi connectivity index (χ4n) is 1.67. The Bertz CT molecular complexity index is 379. The molecule has 0 spiro atoms. The molecular weight excluding hydrogens is 198 g/mol. The SMILES string of the molecule is Cc1cc(C#N)ccc1CN(C)CCCN. The zero-order valence-electron chi connectivity index (χ0n) is 10.0. The Morgan fingerprint density at radius 3 is 2.75 bits per heavy atom. The van der Waals surface area contributed by atoms with Gasteiger partial charge in [0.1, 0.15) is 0 Å². The molecule has 0 amide bonds. The first-order valence-electron chi connectivity index (χ1n) is 5.55. The van der Waals surface area contributed by atoms with Crippen molar-refractivity contribution in [3.63, 3.8) is 0 Å². The zero-order valence-corrected chi connectivity index (χ0v) is 10.0. The molecule has 1 aromatic carbocycles. The van der Waals surface area contributed by atoms with Crippen LogP contribution in [0.5, 0.6) is 0 Å². The maximum Gasteiger partial charge on any atom is 0.0991 e. The van der Waals surface area contributed by atoms with E-state index < -0.39 is 0 Å². The number of nitrogens with two attached hydrogens (primary N) is 1. The van der Waals surface area contributed by atoms with Gasteiger partial charge in [0.2, 0.25) is 0 Å². The van der Waals surface area contributed by atoms with Crippen molar-refractivity contribution >= 4 is 0 Å². The van der Waals surface area contributed by atoms with Crippen LogP contribution in [0.25, 0.3) is 0 Å². The van der Waals surface area contributed by atoms with Gasteiger partial charge in [-0.3, -0.25) is 0 Å². The molecule has 0 heterocycles. The second-order valence-corrected chi connectivity index (χ2v) is 4.13. The van der Waals surface area contributed by atoms with Crippen LogP contribution in [-0.2, 0) is 6.54 Å². The first-order chi connectivity index (χ1) is 7.67. The Hall–Kier alpha value is -1.37. The van der Waals surface area contributed by atoms with E-state index in [0.717, 1.165) is 31.6 Å². The Labute approximate surface area is 97.5 Å². The summed E-state index contributed by atoms with van der Waals surface area (Å²) in [6.45, 7) is 4.71. The Morgan fingerprint density at radius 1 is 1.44 bits per heavy atom. The third-order valence-corrected chi connectivity index (χ3v) is 2.66. The summed E-state index contributed by atoms with van der Waals surface area (Å²) in [5, 5.41) is 8.78. The van der Waals surface area contributed by atoms with E-state index in [2.05, 4.69) is 18.0 Å². The van der Waals surface area contributed by atoms with Crippen LogP contribution in [0.4, 0.5) is 0 Å². The van der Waals surface area contributed by atoms with Crippen LogP contribution >= 0.6 is 0 Å². The van der Waals surface area contributed by atoms with E-state index in [9.17, 15) is 0 Å². The quantitative estimate of drug-likeness (QED) is 0.816. The maximum absolute atomic E-state index is 8.78. The number of nitrogens with zero attached hydrogens (tertiary/aromatic N) is 2. The van der Waals surface area contributed by atoms with Crippen LogP contribution in [-0.4, -0.2) is 25.0 Å². The van der Waals surface area contributed by atoms with Gasteiger partial charge in [0.15, 0.2) is 0 Å². The smallest absolute Gasteiger partial charge is 0.0991 e. The molecule has 86 valence electrons. The van der Waals surface area contributed by atoms with E-state index in [0.29, 0.717) is 0 Å². The van der Waals surface area contributed by atoms with Gasteiger partial charge in [-0.25, -0.2) is 0 Å². The molecule has 0 aliphatic carbocycles. The summed E-state index contributed by atoms with van der Waals surface area (Å²) >= 11 is 0. The highest BCUT2D eigenvalue weighted by Gasteiger charge is 2.03. The Balaban J connectivity index is 2.64. The molecule has 0 saturated heterocycles. The molecule has 2 N–H and O–H groups in total. The molecule has 0 unspecified atom stereocenters. The fraction of sp³-hybridized carbons (Fsp3) is 0.462. The molecule has 1 aromatic rings. The molecule has 0 atom stereocenters. The van der Waals surface area contributed by atoms with Gasteiger partial charge in [0, 0.05) is 6.54 Å². The van der Waals surface area contributed by atoms with Crippen molar-refractivity contribution in [3.05, 3.63) is 34.9 Å². The second kappa shape index (κ2) is 6.26. The molecule has 3 nitrogen and oxygen atoms in total. The van der Waals surface area contributed by atoms with Gasteiger partial charge in [-0.2, -0.15) is 5.26 Å². The monoisotopic (exact) mass is 217 g/mol. The van der Waals surface area contributed by atoms with E-state index in [1.807, 2.05) is 25.1 Å². The Morgan fingerprint density at radius 2 is 2.19 bits per heavy atom. The summed E-state index contributed by atoms with van der Waals surface area (Å²) in [5.41, 5.74) is 8.66. The van der Waals surface area contributed by atoms with E-state index in [-0.39, 0.29) is 0 Å². The third-order valence-electron chi connectivity index (χ3n) is 2.66. The van der Waals surface area contributed by atoms with Crippen LogP contribution < -0.4 is 5.73 Å².